The van der Waals surface area contributed by atoms with Gasteiger partial charge in [-0.15, -0.1) is 5.10 Å². The maximum atomic E-state index is 5.62. The average Bonchev–Trinajstić information content (AvgIpc) is 2.78. The van der Waals surface area contributed by atoms with E-state index in [2.05, 4.69) is 15.1 Å². The largest absolute Gasteiger partial charge is 0.496 e. The molecule has 0 fully saturated rings. The molecule has 2 N–H and O–H groups in total. The molecule has 6 nitrogen and oxygen atoms in total. The van der Waals surface area contributed by atoms with Gasteiger partial charge in [0, 0.05) is 17.8 Å². The number of aryl methyl sites for hydroxylation is 1. The van der Waals surface area contributed by atoms with Crippen LogP contribution in [-0.4, -0.2) is 26.7 Å². The Morgan fingerprint density at radius 1 is 1.26 bits per heavy atom. The standard InChI is InChI=1S/C13H13N5O/c1-8-7-9(3-4-10(8)19-2)12-15-6-5-11-16-13(14)17-18(11)12/h3-7H,1-2H3,(H2,14,17). The van der Waals surface area contributed by atoms with E-state index >= 15 is 0 Å². The van der Waals surface area contributed by atoms with E-state index in [1.165, 1.54) is 0 Å². The van der Waals surface area contributed by atoms with Crippen molar-refractivity contribution in [2.75, 3.05) is 12.8 Å². The molecule has 6 heteroatoms. The van der Waals surface area contributed by atoms with Gasteiger partial charge in [-0.25, -0.2) is 4.98 Å². The monoisotopic (exact) mass is 255 g/mol. The number of benzene rings is 1. The Kier molecular flexibility index (Phi) is 2.56. The van der Waals surface area contributed by atoms with Crippen molar-refractivity contribution in [1.82, 2.24) is 19.6 Å². The van der Waals surface area contributed by atoms with E-state index in [0.717, 1.165) is 16.9 Å². The van der Waals surface area contributed by atoms with Crippen LogP contribution in [0.2, 0.25) is 0 Å². The first kappa shape index (κ1) is 11.5. The topological polar surface area (TPSA) is 78.3 Å². The number of rotatable bonds is 2. The second kappa shape index (κ2) is 4.24. The van der Waals surface area contributed by atoms with Crippen molar-refractivity contribution in [1.29, 1.82) is 0 Å². The molecular weight excluding hydrogens is 242 g/mol. The summed E-state index contributed by atoms with van der Waals surface area (Å²) in [5.74, 6) is 1.78. The minimum absolute atomic E-state index is 0.236. The van der Waals surface area contributed by atoms with Crippen LogP contribution in [0.3, 0.4) is 0 Å². The summed E-state index contributed by atoms with van der Waals surface area (Å²) in [6.07, 6.45) is 1.69. The molecule has 3 rings (SSSR count). The van der Waals surface area contributed by atoms with E-state index in [1.54, 1.807) is 23.9 Å². The second-order valence-electron chi connectivity index (χ2n) is 4.19. The number of anilines is 1. The van der Waals surface area contributed by atoms with Crippen molar-refractivity contribution in [3.8, 4) is 17.1 Å². The lowest BCUT2D eigenvalue weighted by Crippen LogP contribution is -1.98. The van der Waals surface area contributed by atoms with Gasteiger partial charge >= 0.3 is 0 Å². The summed E-state index contributed by atoms with van der Waals surface area (Å²) >= 11 is 0. The number of aromatic nitrogens is 4. The first-order chi connectivity index (χ1) is 9.19. The summed E-state index contributed by atoms with van der Waals surface area (Å²) in [5.41, 5.74) is 8.27. The number of fused-ring (bicyclic) bond motifs is 1. The van der Waals surface area contributed by atoms with Crippen molar-refractivity contribution in [2.45, 2.75) is 6.92 Å². The summed E-state index contributed by atoms with van der Waals surface area (Å²) in [5, 5.41) is 4.15. The van der Waals surface area contributed by atoms with Gasteiger partial charge in [-0.3, -0.25) is 0 Å². The summed E-state index contributed by atoms with van der Waals surface area (Å²) in [6.45, 7) is 1.98. The van der Waals surface area contributed by atoms with Crippen LogP contribution >= 0.6 is 0 Å². The molecule has 2 heterocycles. The molecule has 0 radical (unpaired) electrons. The Morgan fingerprint density at radius 3 is 2.84 bits per heavy atom. The third kappa shape index (κ3) is 1.87. The van der Waals surface area contributed by atoms with Crippen molar-refractivity contribution in [3.63, 3.8) is 0 Å². The summed E-state index contributed by atoms with van der Waals surface area (Å²) in [4.78, 5) is 8.47. The lowest BCUT2D eigenvalue weighted by atomic mass is 10.1. The Balaban J connectivity index is 2.21. The van der Waals surface area contributed by atoms with Crippen LogP contribution in [0.15, 0.2) is 30.5 Å². The van der Waals surface area contributed by atoms with Gasteiger partial charge in [-0.05, 0) is 30.7 Å². The lowest BCUT2D eigenvalue weighted by molar-refractivity contribution is 0.412. The fraction of sp³-hybridized carbons (Fsp3) is 0.154. The van der Waals surface area contributed by atoms with Gasteiger partial charge in [-0.1, -0.05) is 0 Å². The highest BCUT2D eigenvalue weighted by Gasteiger charge is 2.10. The number of methoxy groups -OCH3 is 1. The number of nitrogens with two attached hydrogens (primary N) is 1. The van der Waals surface area contributed by atoms with Gasteiger partial charge in [0.2, 0.25) is 5.95 Å². The highest BCUT2D eigenvalue weighted by Crippen LogP contribution is 2.25. The lowest BCUT2D eigenvalue weighted by Gasteiger charge is -2.07. The molecule has 0 atom stereocenters. The Bertz CT molecular complexity index is 750. The Morgan fingerprint density at radius 2 is 2.11 bits per heavy atom. The average molecular weight is 255 g/mol. The molecule has 0 amide bonds. The summed E-state index contributed by atoms with van der Waals surface area (Å²) in [7, 11) is 1.65. The summed E-state index contributed by atoms with van der Waals surface area (Å²) in [6, 6.07) is 7.61. The van der Waals surface area contributed by atoms with Gasteiger partial charge in [0.15, 0.2) is 11.5 Å². The molecule has 0 saturated heterocycles. The van der Waals surface area contributed by atoms with Crippen molar-refractivity contribution in [2.24, 2.45) is 0 Å². The molecule has 0 aliphatic carbocycles. The van der Waals surface area contributed by atoms with Gasteiger partial charge in [-0.2, -0.15) is 9.50 Å². The van der Waals surface area contributed by atoms with Gasteiger partial charge in [0.1, 0.15) is 5.75 Å². The van der Waals surface area contributed by atoms with Crippen molar-refractivity contribution < 1.29 is 4.74 Å². The molecule has 0 saturated carbocycles. The van der Waals surface area contributed by atoms with Crippen LogP contribution in [0.5, 0.6) is 5.75 Å². The van der Waals surface area contributed by atoms with Gasteiger partial charge in [0.05, 0.1) is 7.11 Å². The molecule has 0 bridgehead atoms. The molecular formula is C13H13N5O. The third-order valence-corrected chi connectivity index (χ3v) is 2.92. The third-order valence-electron chi connectivity index (χ3n) is 2.92. The van der Waals surface area contributed by atoms with E-state index in [-0.39, 0.29) is 5.95 Å². The van der Waals surface area contributed by atoms with Crippen LogP contribution in [-0.2, 0) is 0 Å². The van der Waals surface area contributed by atoms with Crippen LogP contribution < -0.4 is 10.5 Å². The highest BCUT2D eigenvalue weighted by atomic mass is 16.5. The normalized spacial score (nSPS) is 10.8. The molecule has 3 aromatic rings. The summed E-state index contributed by atoms with van der Waals surface area (Å²) < 4.78 is 6.89. The first-order valence-corrected chi connectivity index (χ1v) is 5.81. The van der Waals surface area contributed by atoms with Crippen LogP contribution in [0.1, 0.15) is 5.56 Å². The van der Waals surface area contributed by atoms with E-state index in [0.29, 0.717) is 11.5 Å². The molecule has 0 aliphatic rings. The van der Waals surface area contributed by atoms with Gasteiger partial charge < -0.3 is 10.5 Å². The molecule has 1 aromatic carbocycles. The van der Waals surface area contributed by atoms with Gasteiger partial charge in [0.25, 0.3) is 0 Å². The predicted octanol–water partition coefficient (Wildman–Crippen LogP) is 1.69. The number of nitrogens with zero attached hydrogens (tertiary/aromatic N) is 4. The number of hydrogen-bond acceptors (Lipinski definition) is 5. The predicted molar refractivity (Wildman–Crippen MR) is 71.9 cm³/mol. The first-order valence-electron chi connectivity index (χ1n) is 5.81. The Hall–Kier alpha value is -2.63. The number of ether oxygens (including phenoxy) is 1. The Labute approximate surface area is 109 Å². The van der Waals surface area contributed by atoms with Crippen molar-refractivity contribution in [3.05, 3.63) is 36.0 Å². The molecule has 2 aromatic heterocycles. The SMILES string of the molecule is COc1ccc(-c2nccc3nc(N)nn23)cc1C. The van der Waals surface area contributed by atoms with Crippen LogP contribution in [0.25, 0.3) is 17.0 Å². The molecule has 96 valence electrons. The quantitative estimate of drug-likeness (QED) is 0.753. The van der Waals surface area contributed by atoms with Crippen molar-refractivity contribution >= 4 is 11.6 Å². The molecule has 0 spiro atoms. The second-order valence-corrected chi connectivity index (χ2v) is 4.19. The van der Waals surface area contributed by atoms with E-state index in [9.17, 15) is 0 Å². The molecule has 0 aliphatic heterocycles. The smallest absolute Gasteiger partial charge is 0.240 e. The zero-order valence-electron chi connectivity index (χ0n) is 10.7. The molecule has 0 unspecified atom stereocenters. The minimum atomic E-state index is 0.236. The number of nitrogen functional groups attached to an aromatic ring is 1. The highest BCUT2D eigenvalue weighted by molar-refractivity contribution is 5.61. The minimum Gasteiger partial charge on any atom is -0.496 e. The molecule has 19 heavy (non-hydrogen) atoms. The maximum absolute atomic E-state index is 5.62. The number of hydrogen-bond donors (Lipinski definition) is 1. The van der Waals surface area contributed by atoms with E-state index < -0.39 is 0 Å². The van der Waals surface area contributed by atoms with Crippen LogP contribution in [0, 0.1) is 6.92 Å². The van der Waals surface area contributed by atoms with E-state index in [4.69, 9.17) is 10.5 Å². The van der Waals surface area contributed by atoms with E-state index in [1.807, 2.05) is 25.1 Å². The van der Waals surface area contributed by atoms with Crippen LogP contribution in [0.4, 0.5) is 5.95 Å². The zero-order valence-corrected chi connectivity index (χ0v) is 10.7. The fourth-order valence-corrected chi connectivity index (χ4v) is 2.05. The fourth-order valence-electron chi connectivity index (χ4n) is 2.05. The zero-order chi connectivity index (χ0) is 13.4. The maximum Gasteiger partial charge on any atom is 0.240 e.